The Hall–Kier alpha value is -2.14. The van der Waals surface area contributed by atoms with Gasteiger partial charge in [-0.1, -0.05) is 34.1 Å². The normalized spacial score (nSPS) is 10.8. The first-order valence-electron chi connectivity index (χ1n) is 6.43. The van der Waals surface area contributed by atoms with Crippen molar-refractivity contribution in [3.05, 3.63) is 70.1 Å². The maximum Gasteiger partial charge on any atom is 0.267 e. The summed E-state index contributed by atoms with van der Waals surface area (Å²) in [5, 5.41) is 3.76. The fraction of sp³-hybridized carbons (Fsp3) is 0.0625. The highest BCUT2D eigenvalue weighted by Crippen LogP contribution is 2.18. The standard InChI is InChI=1S/C16H12BrFN2O/c17-13-6-5-12(18)7-11(13)9-19-16(21)15-8-10-3-1-2-4-14(10)20-15/h1-8,20H,9H2,(H,19,21). The van der Waals surface area contributed by atoms with E-state index in [1.807, 2.05) is 24.3 Å². The molecule has 1 aromatic heterocycles. The predicted octanol–water partition coefficient (Wildman–Crippen LogP) is 4.00. The smallest absolute Gasteiger partial charge is 0.267 e. The molecule has 21 heavy (non-hydrogen) atoms. The number of halogens is 2. The number of nitrogens with one attached hydrogen (secondary N) is 2. The van der Waals surface area contributed by atoms with Crippen LogP contribution in [0.25, 0.3) is 10.9 Å². The second-order valence-corrected chi connectivity index (χ2v) is 5.54. The van der Waals surface area contributed by atoms with Gasteiger partial charge in [0.15, 0.2) is 0 Å². The molecule has 0 radical (unpaired) electrons. The van der Waals surface area contributed by atoms with E-state index in [1.165, 1.54) is 12.1 Å². The van der Waals surface area contributed by atoms with E-state index in [9.17, 15) is 9.18 Å². The monoisotopic (exact) mass is 346 g/mol. The number of rotatable bonds is 3. The van der Waals surface area contributed by atoms with Crippen molar-refractivity contribution in [2.75, 3.05) is 0 Å². The Balaban J connectivity index is 1.75. The molecule has 0 unspecified atom stereocenters. The molecule has 0 saturated heterocycles. The third-order valence-corrected chi connectivity index (χ3v) is 4.00. The van der Waals surface area contributed by atoms with Crippen LogP contribution in [0.5, 0.6) is 0 Å². The number of carbonyl (C=O) groups is 1. The van der Waals surface area contributed by atoms with Crippen molar-refractivity contribution >= 4 is 32.7 Å². The molecule has 3 aromatic rings. The number of benzene rings is 2. The van der Waals surface area contributed by atoms with Gasteiger partial charge in [-0.05, 0) is 35.9 Å². The number of hydrogen-bond donors (Lipinski definition) is 2. The second kappa shape index (κ2) is 5.69. The molecule has 5 heteroatoms. The van der Waals surface area contributed by atoms with Crippen molar-refractivity contribution in [2.24, 2.45) is 0 Å². The van der Waals surface area contributed by atoms with Crippen LogP contribution in [0, 0.1) is 5.82 Å². The fourth-order valence-electron chi connectivity index (χ4n) is 2.15. The van der Waals surface area contributed by atoms with Crippen LogP contribution >= 0.6 is 15.9 Å². The molecule has 0 aliphatic heterocycles. The number of aromatic amines is 1. The number of para-hydroxylation sites is 1. The summed E-state index contributed by atoms with van der Waals surface area (Å²) in [5.74, 6) is -0.546. The Morgan fingerprint density at radius 1 is 1.19 bits per heavy atom. The van der Waals surface area contributed by atoms with E-state index in [0.29, 0.717) is 11.3 Å². The molecule has 0 bridgehead atoms. The summed E-state index contributed by atoms with van der Waals surface area (Å²) in [6.07, 6.45) is 0. The Morgan fingerprint density at radius 3 is 2.81 bits per heavy atom. The van der Waals surface area contributed by atoms with Gasteiger partial charge in [-0.15, -0.1) is 0 Å². The molecule has 1 heterocycles. The van der Waals surface area contributed by atoms with Crippen LogP contribution < -0.4 is 5.32 Å². The van der Waals surface area contributed by atoms with Gasteiger partial charge in [-0.3, -0.25) is 4.79 Å². The average Bonchev–Trinajstić information content (AvgIpc) is 2.92. The van der Waals surface area contributed by atoms with E-state index >= 15 is 0 Å². The van der Waals surface area contributed by atoms with Crippen LogP contribution in [0.15, 0.2) is 53.0 Å². The molecule has 3 rings (SSSR count). The summed E-state index contributed by atoms with van der Waals surface area (Å²) in [4.78, 5) is 15.2. The van der Waals surface area contributed by atoms with Crippen LogP contribution in [0.4, 0.5) is 4.39 Å². The molecule has 0 atom stereocenters. The predicted molar refractivity (Wildman–Crippen MR) is 83.6 cm³/mol. The van der Waals surface area contributed by atoms with Gasteiger partial charge >= 0.3 is 0 Å². The first kappa shape index (κ1) is 13.8. The van der Waals surface area contributed by atoms with Crippen molar-refractivity contribution in [3.8, 4) is 0 Å². The van der Waals surface area contributed by atoms with E-state index in [1.54, 1.807) is 12.1 Å². The second-order valence-electron chi connectivity index (χ2n) is 4.69. The quantitative estimate of drug-likeness (QED) is 0.739. The molecule has 0 spiro atoms. The van der Waals surface area contributed by atoms with Crippen molar-refractivity contribution in [1.82, 2.24) is 10.3 Å². The molecule has 1 amide bonds. The van der Waals surface area contributed by atoms with Gasteiger partial charge in [-0.2, -0.15) is 0 Å². The number of amides is 1. The van der Waals surface area contributed by atoms with Crippen LogP contribution in [0.3, 0.4) is 0 Å². The zero-order valence-corrected chi connectivity index (χ0v) is 12.6. The zero-order chi connectivity index (χ0) is 14.8. The molecule has 0 aliphatic carbocycles. The lowest BCUT2D eigenvalue weighted by Crippen LogP contribution is -2.23. The van der Waals surface area contributed by atoms with Gasteiger partial charge in [-0.25, -0.2) is 4.39 Å². The van der Waals surface area contributed by atoms with Gasteiger partial charge in [0.25, 0.3) is 5.91 Å². The maximum absolute atomic E-state index is 13.2. The fourth-order valence-corrected chi connectivity index (χ4v) is 2.53. The van der Waals surface area contributed by atoms with Crippen molar-refractivity contribution < 1.29 is 9.18 Å². The zero-order valence-electron chi connectivity index (χ0n) is 11.0. The highest BCUT2D eigenvalue weighted by atomic mass is 79.9. The lowest BCUT2D eigenvalue weighted by molar-refractivity contribution is 0.0946. The lowest BCUT2D eigenvalue weighted by atomic mass is 10.2. The van der Waals surface area contributed by atoms with E-state index in [2.05, 4.69) is 26.2 Å². The highest BCUT2D eigenvalue weighted by Gasteiger charge is 2.10. The Morgan fingerprint density at radius 2 is 2.00 bits per heavy atom. The van der Waals surface area contributed by atoms with Gasteiger partial charge in [0, 0.05) is 21.9 Å². The van der Waals surface area contributed by atoms with Crippen molar-refractivity contribution in [1.29, 1.82) is 0 Å². The first-order chi connectivity index (χ1) is 10.1. The molecule has 0 saturated carbocycles. The molecule has 0 aliphatic rings. The van der Waals surface area contributed by atoms with E-state index in [4.69, 9.17) is 0 Å². The molecule has 0 fully saturated rings. The summed E-state index contributed by atoms with van der Waals surface area (Å²) in [5.41, 5.74) is 2.10. The minimum absolute atomic E-state index is 0.220. The van der Waals surface area contributed by atoms with E-state index in [-0.39, 0.29) is 18.3 Å². The molecular formula is C16H12BrFN2O. The SMILES string of the molecule is O=C(NCc1cc(F)ccc1Br)c1cc2ccccc2[nH]1. The summed E-state index contributed by atoms with van der Waals surface area (Å²) in [7, 11) is 0. The van der Waals surface area contributed by atoms with Crippen LogP contribution in [0.2, 0.25) is 0 Å². The highest BCUT2D eigenvalue weighted by molar-refractivity contribution is 9.10. The minimum Gasteiger partial charge on any atom is -0.351 e. The van der Waals surface area contributed by atoms with Crippen LogP contribution in [-0.4, -0.2) is 10.9 Å². The van der Waals surface area contributed by atoms with Crippen molar-refractivity contribution in [2.45, 2.75) is 6.54 Å². The largest absolute Gasteiger partial charge is 0.351 e. The Kier molecular flexibility index (Phi) is 3.75. The molecule has 106 valence electrons. The number of carbonyl (C=O) groups excluding carboxylic acids is 1. The van der Waals surface area contributed by atoms with Gasteiger partial charge in [0.1, 0.15) is 11.5 Å². The van der Waals surface area contributed by atoms with Crippen molar-refractivity contribution in [3.63, 3.8) is 0 Å². The molecular weight excluding hydrogens is 335 g/mol. The average molecular weight is 347 g/mol. The van der Waals surface area contributed by atoms with Gasteiger partial charge in [0.05, 0.1) is 0 Å². The topological polar surface area (TPSA) is 44.9 Å². The van der Waals surface area contributed by atoms with E-state index < -0.39 is 0 Å². The first-order valence-corrected chi connectivity index (χ1v) is 7.22. The third-order valence-electron chi connectivity index (χ3n) is 3.22. The number of H-pyrrole nitrogens is 1. The van der Waals surface area contributed by atoms with Crippen LogP contribution in [0.1, 0.15) is 16.1 Å². The molecule has 2 N–H and O–H groups in total. The summed E-state index contributed by atoms with van der Waals surface area (Å²) in [6.45, 7) is 0.256. The van der Waals surface area contributed by atoms with E-state index in [0.717, 1.165) is 15.4 Å². The minimum atomic E-state index is -0.326. The number of hydrogen-bond acceptors (Lipinski definition) is 1. The van der Waals surface area contributed by atoms with Crippen LogP contribution in [-0.2, 0) is 6.54 Å². The molecule has 2 aromatic carbocycles. The Bertz CT molecular complexity index is 780. The Labute approximate surface area is 129 Å². The maximum atomic E-state index is 13.2. The number of aromatic nitrogens is 1. The lowest BCUT2D eigenvalue weighted by Gasteiger charge is -2.06. The van der Waals surface area contributed by atoms with Gasteiger partial charge in [0.2, 0.25) is 0 Å². The third kappa shape index (κ3) is 2.97. The summed E-state index contributed by atoms with van der Waals surface area (Å²) >= 11 is 3.34. The van der Waals surface area contributed by atoms with Gasteiger partial charge < -0.3 is 10.3 Å². The summed E-state index contributed by atoms with van der Waals surface area (Å²) in [6, 6.07) is 13.9. The molecule has 3 nitrogen and oxygen atoms in total. The number of fused-ring (bicyclic) bond motifs is 1. The summed E-state index contributed by atoms with van der Waals surface area (Å²) < 4.78 is 14.0.